The van der Waals surface area contributed by atoms with E-state index in [4.69, 9.17) is 30.5 Å². The number of esters is 1. The largest absolute Gasteiger partial charge is 0.459 e. The summed E-state index contributed by atoms with van der Waals surface area (Å²) in [5.74, 6) is -0.479. The number of aromatic nitrogens is 1. The molecular formula is C26H41ClN4O8. The molecule has 0 saturated carbocycles. The zero-order chi connectivity index (χ0) is 29.8. The van der Waals surface area contributed by atoms with E-state index in [-0.39, 0.29) is 18.8 Å². The highest BCUT2D eigenvalue weighted by Crippen LogP contribution is 2.19. The van der Waals surface area contributed by atoms with Gasteiger partial charge in [0, 0.05) is 25.4 Å². The second-order valence-corrected chi connectivity index (χ2v) is 11.3. The Morgan fingerprint density at radius 2 is 1.64 bits per heavy atom. The van der Waals surface area contributed by atoms with Crippen molar-refractivity contribution in [1.29, 1.82) is 0 Å². The molecule has 39 heavy (non-hydrogen) atoms. The molecule has 1 heterocycles. The summed E-state index contributed by atoms with van der Waals surface area (Å²) in [7, 11) is 1.45. The van der Waals surface area contributed by atoms with E-state index in [9.17, 15) is 19.2 Å². The number of amides is 3. The number of carbonyl (C=O) groups excluding carboxylic acids is 4. The lowest BCUT2D eigenvalue weighted by Gasteiger charge is -2.23. The molecule has 220 valence electrons. The molecule has 1 aromatic heterocycles. The molecule has 1 unspecified atom stereocenters. The highest BCUT2D eigenvalue weighted by Gasteiger charge is 2.26. The molecule has 1 rings (SSSR count). The summed E-state index contributed by atoms with van der Waals surface area (Å²) in [6, 6.07) is 2.26. The maximum atomic E-state index is 13.0. The average molecular weight is 573 g/mol. The van der Waals surface area contributed by atoms with Crippen LogP contribution in [0.5, 0.6) is 0 Å². The third-order valence-corrected chi connectivity index (χ3v) is 4.74. The number of unbranched alkanes of at least 4 members (excludes halogenated alkanes) is 1. The average Bonchev–Trinajstić information content (AvgIpc) is 2.78. The van der Waals surface area contributed by atoms with Crippen LogP contribution in [0.1, 0.15) is 73.3 Å². The van der Waals surface area contributed by atoms with Crippen molar-refractivity contribution in [3.8, 4) is 0 Å². The smallest absolute Gasteiger partial charge is 0.416 e. The predicted octanol–water partition coefficient (Wildman–Crippen LogP) is 4.87. The van der Waals surface area contributed by atoms with Crippen LogP contribution in [0.15, 0.2) is 18.3 Å². The lowest BCUT2D eigenvalue weighted by atomic mass is 10.1. The lowest BCUT2D eigenvalue weighted by molar-refractivity contribution is -0.147. The van der Waals surface area contributed by atoms with E-state index in [1.165, 1.54) is 20.2 Å². The quantitative estimate of drug-likeness (QED) is 0.164. The summed E-state index contributed by atoms with van der Waals surface area (Å²) >= 11 is 5.73. The van der Waals surface area contributed by atoms with Gasteiger partial charge in [-0.2, -0.15) is 0 Å². The molecule has 0 aliphatic carbocycles. The standard InChI is InChI=1S/C26H41ClN4O8/c1-17(27)37-24(35)31(8)20-18(12-11-15-28-20)16-36-21(32)19(30-23(34)39-26(5,6)7)13-9-10-14-29-22(33)38-25(2,3)4/h11-12,15,17,19H,9-10,13-14,16H2,1-8H3,(H,29,33)(H,30,34)/t17?,19-/m0/s1. The highest BCUT2D eigenvalue weighted by atomic mass is 35.5. The number of hydrogen-bond acceptors (Lipinski definition) is 9. The van der Waals surface area contributed by atoms with Crippen molar-refractivity contribution >= 4 is 41.7 Å². The van der Waals surface area contributed by atoms with E-state index >= 15 is 0 Å². The van der Waals surface area contributed by atoms with Gasteiger partial charge in [-0.25, -0.2) is 24.2 Å². The first-order chi connectivity index (χ1) is 18.0. The maximum absolute atomic E-state index is 13.0. The van der Waals surface area contributed by atoms with Crippen LogP contribution in [-0.4, -0.2) is 65.6 Å². The molecule has 0 bridgehead atoms. The van der Waals surface area contributed by atoms with Crippen LogP contribution < -0.4 is 15.5 Å². The number of nitrogens with one attached hydrogen (secondary N) is 2. The Morgan fingerprint density at radius 3 is 2.23 bits per heavy atom. The molecular weight excluding hydrogens is 532 g/mol. The molecule has 2 atom stereocenters. The van der Waals surface area contributed by atoms with Gasteiger partial charge < -0.3 is 29.6 Å². The van der Waals surface area contributed by atoms with Crippen LogP contribution in [0.25, 0.3) is 0 Å². The Labute approximate surface area is 235 Å². The Kier molecular flexibility index (Phi) is 13.3. The fourth-order valence-electron chi connectivity index (χ4n) is 3.08. The Hall–Kier alpha value is -3.28. The van der Waals surface area contributed by atoms with E-state index in [0.717, 1.165) is 4.90 Å². The van der Waals surface area contributed by atoms with Crippen LogP contribution in [0.2, 0.25) is 0 Å². The summed E-state index contributed by atoms with van der Waals surface area (Å²) in [5.41, 5.74) is -1.78. The van der Waals surface area contributed by atoms with Crippen molar-refractivity contribution in [3.63, 3.8) is 0 Å². The number of nitrogens with zero attached hydrogens (tertiary/aromatic N) is 2. The molecule has 0 saturated heterocycles. The number of ether oxygens (including phenoxy) is 4. The minimum absolute atomic E-state index is 0.219. The topological polar surface area (TPSA) is 145 Å². The number of alkyl halides is 1. The minimum atomic E-state index is -1.01. The van der Waals surface area contributed by atoms with Gasteiger partial charge in [0.05, 0.1) is 0 Å². The first-order valence-electron chi connectivity index (χ1n) is 12.6. The van der Waals surface area contributed by atoms with Crippen LogP contribution in [-0.2, 0) is 30.3 Å². The highest BCUT2D eigenvalue weighted by molar-refractivity contribution is 6.20. The number of carbonyl (C=O) groups is 4. The normalized spacial score (nSPS) is 12.9. The lowest BCUT2D eigenvalue weighted by Crippen LogP contribution is -2.44. The molecule has 12 nitrogen and oxygen atoms in total. The molecule has 3 amide bonds. The van der Waals surface area contributed by atoms with Gasteiger partial charge in [-0.15, -0.1) is 0 Å². The van der Waals surface area contributed by atoms with E-state index in [2.05, 4.69) is 15.6 Å². The van der Waals surface area contributed by atoms with Gasteiger partial charge >= 0.3 is 24.2 Å². The van der Waals surface area contributed by atoms with Gasteiger partial charge in [-0.05, 0) is 73.8 Å². The Bertz CT molecular complexity index is 975. The maximum Gasteiger partial charge on any atom is 0.416 e. The zero-order valence-electron chi connectivity index (χ0n) is 24.0. The van der Waals surface area contributed by atoms with Gasteiger partial charge in [0.2, 0.25) is 0 Å². The molecule has 0 aliphatic rings. The van der Waals surface area contributed by atoms with Crippen LogP contribution in [0.3, 0.4) is 0 Å². The molecule has 0 radical (unpaired) electrons. The summed E-state index contributed by atoms with van der Waals surface area (Å²) in [6.07, 6.45) is 0.684. The van der Waals surface area contributed by atoms with E-state index in [0.29, 0.717) is 24.9 Å². The van der Waals surface area contributed by atoms with Crippen LogP contribution in [0.4, 0.5) is 20.2 Å². The summed E-state index contributed by atoms with van der Waals surface area (Å²) in [5, 5.41) is 5.21. The van der Waals surface area contributed by atoms with Crippen molar-refractivity contribution in [1.82, 2.24) is 15.6 Å². The molecule has 0 spiro atoms. The number of anilines is 1. The molecule has 2 N–H and O–H groups in total. The third-order valence-electron chi connectivity index (χ3n) is 4.66. The second-order valence-electron chi connectivity index (χ2n) is 10.7. The van der Waals surface area contributed by atoms with Gasteiger partial charge in [-0.1, -0.05) is 17.7 Å². The summed E-state index contributed by atoms with van der Waals surface area (Å²) in [6.45, 7) is 12.0. The van der Waals surface area contributed by atoms with E-state index in [1.807, 2.05) is 0 Å². The Morgan fingerprint density at radius 1 is 1.03 bits per heavy atom. The van der Waals surface area contributed by atoms with Gasteiger partial charge in [0.25, 0.3) is 0 Å². The number of rotatable bonds is 11. The van der Waals surface area contributed by atoms with Gasteiger partial charge in [0.15, 0.2) is 5.56 Å². The fourth-order valence-corrected chi connectivity index (χ4v) is 3.15. The first kappa shape index (κ1) is 33.7. The Balaban J connectivity index is 2.82. The van der Waals surface area contributed by atoms with Crippen molar-refractivity contribution in [2.75, 3.05) is 18.5 Å². The number of halogens is 1. The van der Waals surface area contributed by atoms with Crippen LogP contribution >= 0.6 is 11.6 Å². The van der Waals surface area contributed by atoms with Crippen molar-refractivity contribution in [2.24, 2.45) is 0 Å². The van der Waals surface area contributed by atoms with Crippen molar-refractivity contribution in [3.05, 3.63) is 23.9 Å². The summed E-state index contributed by atoms with van der Waals surface area (Å²) < 4.78 is 20.9. The molecule has 0 fully saturated rings. The van der Waals surface area contributed by atoms with Gasteiger partial charge in [0.1, 0.15) is 29.7 Å². The number of pyridine rings is 1. The molecule has 13 heteroatoms. The van der Waals surface area contributed by atoms with Crippen molar-refractivity contribution < 1.29 is 38.1 Å². The summed E-state index contributed by atoms with van der Waals surface area (Å²) in [4.78, 5) is 54.7. The van der Waals surface area contributed by atoms with E-state index in [1.54, 1.807) is 53.7 Å². The molecule has 1 aromatic rings. The number of alkyl carbamates (subject to hydrolysis) is 2. The fraction of sp³-hybridized carbons (Fsp3) is 0.654. The zero-order valence-corrected chi connectivity index (χ0v) is 24.7. The van der Waals surface area contributed by atoms with Gasteiger partial charge in [-0.3, -0.25) is 4.90 Å². The second kappa shape index (κ2) is 15.3. The number of hydrogen-bond donors (Lipinski definition) is 2. The molecule has 0 aliphatic heterocycles. The molecule has 0 aromatic carbocycles. The third kappa shape index (κ3) is 14.4. The first-order valence-corrected chi connectivity index (χ1v) is 13.1. The monoisotopic (exact) mass is 572 g/mol. The predicted molar refractivity (Wildman–Crippen MR) is 145 cm³/mol. The van der Waals surface area contributed by atoms with Crippen LogP contribution in [0, 0.1) is 0 Å². The van der Waals surface area contributed by atoms with Crippen molar-refractivity contribution in [2.45, 2.75) is 97.1 Å². The minimum Gasteiger partial charge on any atom is -0.459 e. The van der Waals surface area contributed by atoms with E-state index < -0.39 is 47.1 Å². The SMILES string of the molecule is CC(Cl)OC(=O)N(C)c1ncccc1COC(=O)[C@H](CCCCNC(=O)OC(C)(C)C)NC(=O)OC(C)(C)C.